The second-order valence-electron chi connectivity index (χ2n) is 5.74. The summed E-state index contributed by atoms with van der Waals surface area (Å²) in [7, 11) is 0. The lowest BCUT2D eigenvalue weighted by Gasteiger charge is -2.17. The minimum absolute atomic E-state index is 0.0251. The molecule has 2 aliphatic carbocycles. The summed E-state index contributed by atoms with van der Waals surface area (Å²) in [5.41, 5.74) is 1.04. The third kappa shape index (κ3) is 2.63. The maximum absolute atomic E-state index is 12.1. The van der Waals surface area contributed by atoms with Crippen LogP contribution in [-0.2, 0) is 11.2 Å². The molecule has 4 nitrogen and oxygen atoms in total. The number of pyridine rings is 1. The zero-order chi connectivity index (χ0) is 13.2. The highest BCUT2D eigenvalue weighted by molar-refractivity contribution is 5.82. The number of carbonyl (C=O) groups excluding carboxylic acids is 1. The van der Waals surface area contributed by atoms with E-state index in [1.165, 1.54) is 19.3 Å². The highest BCUT2D eigenvalue weighted by atomic mass is 16.3. The Morgan fingerprint density at radius 1 is 1.47 bits per heavy atom. The molecule has 1 aromatic rings. The van der Waals surface area contributed by atoms with Gasteiger partial charge in [-0.05, 0) is 42.7 Å². The number of carbonyl (C=O) groups is 1. The molecule has 0 bridgehead atoms. The number of rotatable bonds is 5. The van der Waals surface area contributed by atoms with Crippen molar-refractivity contribution < 1.29 is 9.90 Å². The number of aliphatic hydroxyl groups excluding tert-OH is 1. The first-order valence-electron chi connectivity index (χ1n) is 7.09. The van der Waals surface area contributed by atoms with Gasteiger partial charge in [0, 0.05) is 18.3 Å². The van der Waals surface area contributed by atoms with Crippen molar-refractivity contribution in [1.82, 2.24) is 10.3 Å². The summed E-state index contributed by atoms with van der Waals surface area (Å²) >= 11 is 0. The minimum atomic E-state index is -0.196. The first-order chi connectivity index (χ1) is 9.29. The summed E-state index contributed by atoms with van der Waals surface area (Å²) in [6.07, 6.45) is 7.82. The van der Waals surface area contributed by atoms with Crippen molar-refractivity contribution in [3.63, 3.8) is 0 Å². The summed E-state index contributed by atoms with van der Waals surface area (Å²) in [6, 6.07) is 3.64. The predicted octanol–water partition coefficient (Wildman–Crippen LogP) is 1.15. The normalized spacial score (nSPS) is 29.6. The van der Waals surface area contributed by atoms with Gasteiger partial charge in [-0.15, -0.1) is 0 Å². The van der Waals surface area contributed by atoms with Crippen LogP contribution in [0.25, 0.3) is 0 Å². The second kappa shape index (κ2) is 5.29. The summed E-state index contributed by atoms with van der Waals surface area (Å²) in [6.45, 7) is -0.0251. The molecule has 0 aromatic carbocycles. The number of amides is 1. The van der Waals surface area contributed by atoms with Gasteiger partial charge in [0.05, 0.1) is 12.6 Å². The van der Waals surface area contributed by atoms with Crippen molar-refractivity contribution in [2.45, 2.75) is 31.7 Å². The zero-order valence-electron chi connectivity index (χ0n) is 11.0. The Labute approximate surface area is 113 Å². The third-order valence-corrected chi connectivity index (χ3v) is 4.48. The van der Waals surface area contributed by atoms with Crippen molar-refractivity contribution in [2.24, 2.45) is 17.8 Å². The van der Waals surface area contributed by atoms with E-state index in [2.05, 4.69) is 10.3 Å². The summed E-state index contributed by atoms with van der Waals surface area (Å²) < 4.78 is 0. The molecule has 0 aliphatic heterocycles. The molecule has 4 heteroatoms. The Bertz CT molecular complexity index is 439. The van der Waals surface area contributed by atoms with Crippen molar-refractivity contribution in [3.05, 3.63) is 30.1 Å². The van der Waals surface area contributed by atoms with Crippen molar-refractivity contribution >= 4 is 5.91 Å². The fourth-order valence-electron chi connectivity index (χ4n) is 3.47. The lowest BCUT2D eigenvalue weighted by molar-refractivity contribution is -0.124. The van der Waals surface area contributed by atoms with Crippen LogP contribution < -0.4 is 5.32 Å². The molecule has 2 aliphatic rings. The number of hydrogen-bond donors (Lipinski definition) is 2. The van der Waals surface area contributed by atoms with Gasteiger partial charge in [0.1, 0.15) is 0 Å². The summed E-state index contributed by atoms with van der Waals surface area (Å²) in [5.74, 6) is 1.60. The second-order valence-corrected chi connectivity index (χ2v) is 5.74. The van der Waals surface area contributed by atoms with Gasteiger partial charge < -0.3 is 10.4 Å². The van der Waals surface area contributed by atoms with Gasteiger partial charge in [-0.25, -0.2) is 0 Å². The molecule has 0 saturated heterocycles. The van der Waals surface area contributed by atoms with Crippen LogP contribution in [0.5, 0.6) is 0 Å². The Morgan fingerprint density at radius 2 is 2.26 bits per heavy atom. The van der Waals surface area contributed by atoms with E-state index in [-0.39, 0.29) is 24.5 Å². The Morgan fingerprint density at radius 3 is 2.89 bits per heavy atom. The van der Waals surface area contributed by atoms with Gasteiger partial charge in [-0.1, -0.05) is 12.5 Å². The molecular weight excluding hydrogens is 240 g/mol. The van der Waals surface area contributed by atoms with Crippen LogP contribution >= 0.6 is 0 Å². The molecule has 1 heterocycles. The van der Waals surface area contributed by atoms with Crippen LogP contribution in [0.15, 0.2) is 24.5 Å². The van der Waals surface area contributed by atoms with Gasteiger partial charge in [0.25, 0.3) is 0 Å². The highest BCUT2D eigenvalue weighted by Gasteiger charge is 2.56. The van der Waals surface area contributed by atoms with Crippen molar-refractivity contribution in [3.8, 4) is 0 Å². The first-order valence-corrected chi connectivity index (χ1v) is 7.09. The van der Waals surface area contributed by atoms with E-state index in [4.69, 9.17) is 0 Å². The number of fused-ring (bicyclic) bond motifs is 1. The number of nitrogens with one attached hydrogen (secondary N) is 1. The smallest absolute Gasteiger partial charge is 0.223 e. The van der Waals surface area contributed by atoms with Crippen molar-refractivity contribution in [1.29, 1.82) is 0 Å². The fourth-order valence-corrected chi connectivity index (χ4v) is 3.47. The molecule has 3 atom stereocenters. The lowest BCUT2D eigenvalue weighted by Crippen LogP contribution is -2.40. The van der Waals surface area contributed by atoms with E-state index in [1.807, 2.05) is 12.1 Å². The van der Waals surface area contributed by atoms with Crippen LogP contribution in [0.2, 0.25) is 0 Å². The first kappa shape index (κ1) is 12.6. The largest absolute Gasteiger partial charge is 0.394 e. The maximum Gasteiger partial charge on any atom is 0.223 e. The standard InChI is InChI=1S/C15H20N2O2/c18-9-11(7-10-3-2-6-16-8-10)17-15(19)14-12-4-1-5-13(12)14/h2-3,6,8,11-14,18H,1,4-5,7,9H2,(H,17,19)/t11-,12+,13+/m0/s1. The molecule has 2 fully saturated rings. The zero-order valence-corrected chi connectivity index (χ0v) is 11.0. The minimum Gasteiger partial charge on any atom is -0.394 e. The van der Waals surface area contributed by atoms with Crippen LogP contribution in [-0.4, -0.2) is 28.6 Å². The third-order valence-electron chi connectivity index (χ3n) is 4.48. The van der Waals surface area contributed by atoms with Crippen LogP contribution in [0, 0.1) is 17.8 Å². The van der Waals surface area contributed by atoms with E-state index in [0.29, 0.717) is 18.3 Å². The Kier molecular flexibility index (Phi) is 3.51. The van der Waals surface area contributed by atoms with Crippen LogP contribution in [0.4, 0.5) is 0 Å². The number of aromatic nitrogens is 1. The molecule has 19 heavy (non-hydrogen) atoms. The monoisotopic (exact) mass is 260 g/mol. The number of nitrogens with zero attached hydrogens (tertiary/aromatic N) is 1. The molecule has 2 saturated carbocycles. The summed E-state index contributed by atoms with van der Waals surface area (Å²) in [5, 5.41) is 12.4. The van der Waals surface area contributed by atoms with E-state index in [0.717, 1.165) is 5.56 Å². The number of aliphatic hydroxyl groups is 1. The van der Waals surface area contributed by atoms with E-state index in [1.54, 1.807) is 12.4 Å². The predicted molar refractivity (Wildman–Crippen MR) is 71.3 cm³/mol. The highest BCUT2D eigenvalue weighted by Crippen LogP contribution is 2.57. The SMILES string of the molecule is O=C(N[C@H](CO)Cc1cccnc1)C1[C@@H]2CCC[C@@H]12. The number of hydrogen-bond acceptors (Lipinski definition) is 3. The summed E-state index contributed by atoms with van der Waals surface area (Å²) in [4.78, 5) is 16.2. The van der Waals surface area contributed by atoms with E-state index in [9.17, 15) is 9.90 Å². The fraction of sp³-hybridized carbons (Fsp3) is 0.600. The molecule has 102 valence electrons. The van der Waals surface area contributed by atoms with Gasteiger partial charge >= 0.3 is 0 Å². The Hall–Kier alpha value is -1.42. The molecule has 2 N–H and O–H groups in total. The maximum atomic E-state index is 12.1. The van der Waals surface area contributed by atoms with E-state index < -0.39 is 0 Å². The molecule has 1 amide bonds. The quantitative estimate of drug-likeness (QED) is 0.834. The average molecular weight is 260 g/mol. The van der Waals surface area contributed by atoms with E-state index >= 15 is 0 Å². The van der Waals surface area contributed by atoms with Crippen LogP contribution in [0.3, 0.4) is 0 Å². The Balaban J connectivity index is 1.54. The van der Waals surface area contributed by atoms with Crippen LogP contribution in [0.1, 0.15) is 24.8 Å². The topological polar surface area (TPSA) is 62.2 Å². The molecular formula is C15H20N2O2. The molecule has 1 aromatic heterocycles. The van der Waals surface area contributed by atoms with Gasteiger partial charge in [-0.3, -0.25) is 9.78 Å². The van der Waals surface area contributed by atoms with Gasteiger partial charge in [0.15, 0.2) is 0 Å². The average Bonchev–Trinajstić information content (AvgIpc) is 2.93. The lowest BCUT2D eigenvalue weighted by atomic mass is 10.1. The van der Waals surface area contributed by atoms with Gasteiger partial charge in [-0.2, -0.15) is 0 Å². The molecule has 0 radical (unpaired) electrons. The molecule has 0 spiro atoms. The van der Waals surface area contributed by atoms with Crippen molar-refractivity contribution in [2.75, 3.05) is 6.61 Å². The van der Waals surface area contributed by atoms with Gasteiger partial charge in [0.2, 0.25) is 5.91 Å². The molecule has 3 rings (SSSR count). The molecule has 0 unspecified atom stereocenters.